The van der Waals surface area contributed by atoms with Gasteiger partial charge >= 0.3 is 0 Å². The van der Waals surface area contributed by atoms with Crippen molar-refractivity contribution in [2.24, 2.45) is 4.99 Å². The maximum atomic E-state index is 5.74. The Morgan fingerprint density at radius 1 is 1.29 bits per heavy atom. The molecule has 0 amide bonds. The van der Waals surface area contributed by atoms with Crippen LogP contribution in [0.2, 0.25) is 0 Å². The lowest BCUT2D eigenvalue weighted by Gasteiger charge is -2.13. The van der Waals surface area contributed by atoms with Gasteiger partial charge in [0.1, 0.15) is 5.75 Å². The van der Waals surface area contributed by atoms with Crippen molar-refractivity contribution in [1.82, 2.24) is 10.3 Å². The number of rotatable bonds is 10. The summed E-state index contributed by atoms with van der Waals surface area (Å²) in [6.45, 7) is 6.45. The van der Waals surface area contributed by atoms with Gasteiger partial charge in [-0.1, -0.05) is 19.9 Å². The van der Waals surface area contributed by atoms with Gasteiger partial charge in [0, 0.05) is 63.2 Å². The highest BCUT2D eigenvalue weighted by atomic mass is 127. The van der Waals surface area contributed by atoms with Crippen LogP contribution in [0.25, 0.3) is 0 Å². The monoisotopic (exact) mass is 518 g/mol. The van der Waals surface area contributed by atoms with E-state index in [-0.39, 0.29) is 24.0 Å². The number of aliphatic imine (C=N–C) groups is 1. The number of hydrogen-bond acceptors (Lipinski definition) is 5. The topological polar surface area (TPSA) is 67.8 Å². The highest BCUT2D eigenvalue weighted by molar-refractivity contribution is 14.0. The number of thiazole rings is 1. The molecule has 6 nitrogen and oxygen atoms in total. The maximum Gasteiger partial charge on any atom is 0.195 e. The molecule has 0 saturated carbocycles. The molecule has 0 saturated heterocycles. The molecule has 1 aromatic carbocycles. The number of benzene rings is 1. The minimum absolute atomic E-state index is 0. The van der Waals surface area contributed by atoms with E-state index in [4.69, 9.17) is 9.47 Å². The fourth-order valence-electron chi connectivity index (χ4n) is 2.38. The van der Waals surface area contributed by atoms with E-state index in [0.29, 0.717) is 19.1 Å². The van der Waals surface area contributed by atoms with Gasteiger partial charge < -0.3 is 20.1 Å². The number of aromatic nitrogens is 1. The summed E-state index contributed by atoms with van der Waals surface area (Å²) in [6, 6.07) is 7.87. The lowest BCUT2D eigenvalue weighted by molar-refractivity contribution is 0.172. The molecule has 0 fully saturated rings. The summed E-state index contributed by atoms with van der Waals surface area (Å²) in [6.07, 6.45) is 1.74. The Balaban J connectivity index is 0.00000392. The zero-order chi connectivity index (χ0) is 19.5. The van der Waals surface area contributed by atoms with Crippen molar-refractivity contribution >= 4 is 47.0 Å². The van der Waals surface area contributed by atoms with Crippen LogP contribution in [0.1, 0.15) is 36.9 Å². The number of guanidine groups is 1. The highest BCUT2D eigenvalue weighted by Gasteiger charge is 2.06. The first-order valence-corrected chi connectivity index (χ1v) is 10.1. The molecule has 0 aliphatic rings. The van der Waals surface area contributed by atoms with E-state index in [1.165, 1.54) is 5.01 Å². The summed E-state index contributed by atoms with van der Waals surface area (Å²) in [4.78, 5) is 8.95. The second kappa shape index (κ2) is 13.7. The zero-order valence-electron chi connectivity index (χ0n) is 17.0. The van der Waals surface area contributed by atoms with E-state index in [1.807, 2.05) is 24.3 Å². The van der Waals surface area contributed by atoms with Crippen molar-refractivity contribution < 1.29 is 9.47 Å². The summed E-state index contributed by atoms with van der Waals surface area (Å²) in [5, 5.41) is 9.95. The van der Waals surface area contributed by atoms with Crippen LogP contribution in [0.15, 0.2) is 34.6 Å². The van der Waals surface area contributed by atoms with E-state index in [2.05, 4.69) is 39.8 Å². The first-order valence-electron chi connectivity index (χ1n) is 9.26. The summed E-state index contributed by atoms with van der Waals surface area (Å²) in [7, 11) is 3.46. The number of methoxy groups -OCH3 is 1. The van der Waals surface area contributed by atoms with Gasteiger partial charge in [0.2, 0.25) is 0 Å². The lowest BCUT2D eigenvalue weighted by Crippen LogP contribution is -2.32. The number of hydrogen-bond donors (Lipinski definition) is 2. The molecule has 0 atom stereocenters. The fourth-order valence-corrected chi connectivity index (χ4v) is 3.25. The molecular weight excluding hydrogens is 487 g/mol. The molecule has 2 rings (SSSR count). The molecule has 0 aliphatic carbocycles. The van der Waals surface area contributed by atoms with Crippen molar-refractivity contribution in [3.63, 3.8) is 0 Å². The van der Waals surface area contributed by atoms with Gasteiger partial charge in [0.05, 0.1) is 17.3 Å². The minimum Gasteiger partial charge on any atom is -0.493 e. The van der Waals surface area contributed by atoms with Crippen molar-refractivity contribution in [3.05, 3.63) is 40.3 Å². The zero-order valence-corrected chi connectivity index (χ0v) is 20.2. The second-order valence-electron chi connectivity index (χ2n) is 6.43. The molecule has 0 unspecified atom stereocenters. The average molecular weight is 518 g/mol. The predicted molar refractivity (Wildman–Crippen MR) is 129 cm³/mol. The third kappa shape index (κ3) is 8.74. The van der Waals surface area contributed by atoms with Gasteiger partial charge in [-0.3, -0.25) is 4.99 Å². The Morgan fingerprint density at radius 3 is 2.79 bits per heavy atom. The van der Waals surface area contributed by atoms with Crippen molar-refractivity contribution in [2.75, 3.05) is 39.2 Å². The first kappa shape index (κ1) is 24.6. The molecule has 0 spiro atoms. The van der Waals surface area contributed by atoms with Crippen molar-refractivity contribution in [1.29, 1.82) is 0 Å². The van der Waals surface area contributed by atoms with E-state index >= 15 is 0 Å². The quantitative estimate of drug-likeness (QED) is 0.210. The van der Waals surface area contributed by atoms with Gasteiger partial charge in [-0.25, -0.2) is 4.98 Å². The molecule has 28 heavy (non-hydrogen) atoms. The Bertz CT molecular complexity index is 722. The van der Waals surface area contributed by atoms with E-state index in [0.717, 1.165) is 42.5 Å². The molecule has 8 heteroatoms. The summed E-state index contributed by atoms with van der Waals surface area (Å²) in [5.41, 5.74) is 2.06. The molecule has 156 valence electrons. The third-order valence-corrected chi connectivity index (χ3v) is 5.01. The van der Waals surface area contributed by atoms with Crippen LogP contribution in [0, 0.1) is 0 Å². The van der Waals surface area contributed by atoms with Crippen LogP contribution in [-0.2, 0) is 11.2 Å². The van der Waals surface area contributed by atoms with Crippen LogP contribution < -0.4 is 15.4 Å². The number of ether oxygens (including phenoxy) is 2. The van der Waals surface area contributed by atoms with Crippen LogP contribution in [0.5, 0.6) is 5.75 Å². The van der Waals surface area contributed by atoms with Gasteiger partial charge in [-0.05, 0) is 12.1 Å². The average Bonchev–Trinajstić information content (AvgIpc) is 3.14. The van der Waals surface area contributed by atoms with Crippen LogP contribution in [-0.4, -0.2) is 44.9 Å². The van der Waals surface area contributed by atoms with Crippen LogP contribution >= 0.6 is 35.3 Å². The molecular formula is C20H31IN4O2S. The predicted octanol–water partition coefficient (Wildman–Crippen LogP) is 4.53. The number of nitrogens with zero attached hydrogens (tertiary/aromatic N) is 2. The SMILES string of the molecule is CN=C(NCCc1csc(C(C)C)n1)Nc1cccc(OCCCOC)c1.I. The lowest BCUT2D eigenvalue weighted by atomic mass is 10.2. The van der Waals surface area contributed by atoms with Crippen molar-refractivity contribution in [3.8, 4) is 5.75 Å². The Kier molecular flexibility index (Phi) is 12.1. The summed E-state index contributed by atoms with van der Waals surface area (Å²) in [5.74, 6) is 2.04. The Morgan fingerprint density at radius 2 is 2.11 bits per heavy atom. The summed E-state index contributed by atoms with van der Waals surface area (Å²) < 4.78 is 10.8. The van der Waals surface area contributed by atoms with E-state index < -0.39 is 0 Å². The van der Waals surface area contributed by atoms with E-state index in [9.17, 15) is 0 Å². The van der Waals surface area contributed by atoms with Gasteiger partial charge in [-0.15, -0.1) is 35.3 Å². The minimum atomic E-state index is 0. The Labute approximate surface area is 189 Å². The third-order valence-electron chi connectivity index (χ3n) is 3.82. The standard InChI is InChI=1S/C20H30N4O2S.HI/c1-15(2)19-23-17(14-27-19)9-10-22-20(21-3)24-16-7-5-8-18(13-16)26-12-6-11-25-4;/h5,7-8,13-15H,6,9-12H2,1-4H3,(H2,21,22,24);1H. The maximum absolute atomic E-state index is 5.74. The molecule has 0 radical (unpaired) electrons. The highest BCUT2D eigenvalue weighted by Crippen LogP contribution is 2.19. The molecule has 1 aromatic heterocycles. The van der Waals surface area contributed by atoms with Gasteiger partial charge in [0.15, 0.2) is 5.96 Å². The largest absolute Gasteiger partial charge is 0.493 e. The number of anilines is 1. The second-order valence-corrected chi connectivity index (χ2v) is 7.32. The van der Waals surface area contributed by atoms with E-state index in [1.54, 1.807) is 25.5 Å². The smallest absolute Gasteiger partial charge is 0.195 e. The number of halogens is 1. The normalized spacial score (nSPS) is 11.2. The van der Waals surface area contributed by atoms with Gasteiger partial charge in [0.25, 0.3) is 0 Å². The molecule has 0 aliphatic heterocycles. The van der Waals surface area contributed by atoms with Crippen LogP contribution in [0.3, 0.4) is 0 Å². The molecule has 2 aromatic rings. The molecule has 2 N–H and O–H groups in total. The van der Waals surface area contributed by atoms with Crippen LogP contribution in [0.4, 0.5) is 5.69 Å². The molecule has 1 heterocycles. The van der Waals surface area contributed by atoms with Crippen molar-refractivity contribution in [2.45, 2.75) is 32.6 Å². The fraction of sp³-hybridized carbons (Fsp3) is 0.500. The Hall–Kier alpha value is -1.39. The first-order chi connectivity index (χ1) is 13.1. The number of nitrogens with one attached hydrogen (secondary N) is 2. The van der Waals surface area contributed by atoms with Gasteiger partial charge in [-0.2, -0.15) is 0 Å². The summed E-state index contributed by atoms with van der Waals surface area (Å²) >= 11 is 1.73. The molecule has 0 bridgehead atoms.